The maximum Gasteiger partial charge on any atom is 0.273 e. The molecule has 1 aromatic heterocycles. The van der Waals surface area contributed by atoms with Crippen LogP contribution in [0.2, 0.25) is 0 Å². The van der Waals surface area contributed by atoms with Gasteiger partial charge in [0.2, 0.25) is 5.56 Å². The number of alkyl halides is 2. The minimum absolute atomic E-state index is 0.0436. The summed E-state index contributed by atoms with van der Waals surface area (Å²) in [5.41, 5.74) is 1.20. The average Bonchev–Trinajstić information content (AvgIpc) is 2.88. The van der Waals surface area contributed by atoms with Gasteiger partial charge >= 0.3 is 0 Å². The third-order valence-electron chi connectivity index (χ3n) is 6.04. The van der Waals surface area contributed by atoms with Crippen molar-refractivity contribution in [3.63, 3.8) is 0 Å². The monoisotopic (exact) mass is 528 g/mol. The molecule has 2 N–H and O–H groups in total. The molecular weight excluding hydrogens is 502 g/mol. The molecule has 0 amide bonds. The van der Waals surface area contributed by atoms with Gasteiger partial charge in [0, 0.05) is 35.0 Å². The van der Waals surface area contributed by atoms with Crippen LogP contribution < -0.4 is 19.8 Å². The molecule has 7 nitrogen and oxygen atoms in total. The third kappa shape index (κ3) is 5.59. The first-order valence-corrected chi connectivity index (χ1v) is 12.9. The van der Waals surface area contributed by atoms with Crippen LogP contribution in [0.25, 0.3) is 10.9 Å². The van der Waals surface area contributed by atoms with Crippen LogP contribution in [0.4, 0.5) is 14.5 Å². The lowest BCUT2D eigenvalue weighted by Crippen LogP contribution is -2.17. The zero-order valence-electron chi connectivity index (χ0n) is 20.5. The lowest BCUT2D eigenvalue weighted by Gasteiger charge is -2.17. The van der Waals surface area contributed by atoms with Gasteiger partial charge in [0.1, 0.15) is 11.5 Å². The molecule has 0 radical (unpaired) electrons. The topological polar surface area (TPSA) is 97.5 Å². The standard InChI is InChI=1S/C27H26F2N2O5S/c1-4-27(28,29)22-16-26(32)30-23-11-7-18(14-21(22)23)13-17-5-9-20(10-6-17)37(33,34)31-24-15-19(35-2)8-12-25(24)36-3/h5-12,14-16,31H,4,13H2,1-3H3,(H,30,32). The van der Waals surface area contributed by atoms with Gasteiger partial charge in [-0.3, -0.25) is 9.52 Å². The zero-order chi connectivity index (χ0) is 26.8. The van der Waals surface area contributed by atoms with E-state index in [2.05, 4.69) is 9.71 Å². The zero-order valence-corrected chi connectivity index (χ0v) is 21.3. The number of fused-ring (bicyclic) bond motifs is 1. The number of hydrogen-bond donors (Lipinski definition) is 2. The summed E-state index contributed by atoms with van der Waals surface area (Å²) in [5, 5.41) is 0.277. The Morgan fingerprint density at radius 3 is 2.27 bits per heavy atom. The molecule has 37 heavy (non-hydrogen) atoms. The fraction of sp³-hybridized carbons (Fsp3) is 0.222. The van der Waals surface area contributed by atoms with Crippen LogP contribution in [0.5, 0.6) is 11.5 Å². The van der Waals surface area contributed by atoms with E-state index < -0.39 is 27.9 Å². The summed E-state index contributed by atoms with van der Waals surface area (Å²) in [5.74, 6) is -2.33. The highest BCUT2D eigenvalue weighted by Crippen LogP contribution is 2.35. The second-order valence-corrected chi connectivity index (χ2v) is 10.2. The van der Waals surface area contributed by atoms with Gasteiger partial charge in [-0.05, 0) is 53.9 Å². The fourth-order valence-electron chi connectivity index (χ4n) is 4.02. The number of sulfonamides is 1. The van der Waals surface area contributed by atoms with E-state index in [0.29, 0.717) is 23.4 Å². The second-order valence-electron chi connectivity index (χ2n) is 8.48. The molecule has 0 aliphatic carbocycles. The first-order valence-electron chi connectivity index (χ1n) is 11.4. The number of H-pyrrole nitrogens is 1. The van der Waals surface area contributed by atoms with E-state index in [-0.39, 0.29) is 21.5 Å². The molecule has 3 aromatic carbocycles. The van der Waals surface area contributed by atoms with Gasteiger partial charge in [-0.15, -0.1) is 0 Å². The van der Waals surface area contributed by atoms with E-state index in [9.17, 15) is 22.0 Å². The average molecular weight is 529 g/mol. The van der Waals surface area contributed by atoms with Crippen LogP contribution in [0.3, 0.4) is 0 Å². The first kappa shape index (κ1) is 26.2. The summed E-state index contributed by atoms with van der Waals surface area (Å²) in [6.07, 6.45) is -0.0505. The molecule has 10 heteroatoms. The van der Waals surface area contributed by atoms with E-state index in [4.69, 9.17) is 9.47 Å². The summed E-state index contributed by atoms with van der Waals surface area (Å²) >= 11 is 0. The minimum Gasteiger partial charge on any atom is -0.497 e. The van der Waals surface area contributed by atoms with Crippen molar-refractivity contribution in [1.29, 1.82) is 0 Å². The number of aromatic nitrogens is 1. The van der Waals surface area contributed by atoms with Crippen molar-refractivity contribution in [3.8, 4) is 11.5 Å². The normalized spacial score (nSPS) is 11.9. The highest BCUT2D eigenvalue weighted by Gasteiger charge is 2.31. The molecule has 0 bridgehead atoms. The van der Waals surface area contributed by atoms with Crippen molar-refractivity contribution in [3.05, 3.63) is 93.8 Å². The van der Waals surface area contributed by atoms with E-state index >= 15 is 0 Å². The van der Waals surface area contributed by atoms with Gasteiger partial charge in [-0.2, -0.15) is 0 Å². The van der Waals surface area contributed by atoms with Gasteiger partial charge < -0.3 is 14.5 Å². The molecule has 4 rings (SSSR count). The lowest BCUT2D eigenvalue weighted by atomic mass is 9.97. The summed E-state index contributed by atoms with van der Waals surface area (Å²) in [7, 11) is -1.01. The Balaban J connectivity index is 1.60. The number of pyridine rings is 1. The van der Waals surface area contributed by atoms with Gasteiger partial charge in [0.25, 0.3) is 15.9 Å². The number of aromatic amines is 1. The van der Waals surface area contributed by atoms with E-state index in [0.717, 1.165) is 17.2 Å². The largest absolute Gasteiger partial charge is 0.497 e. The molecule has 194 valence electrons. The molecule has 0 aliphatic rings. The molecular formula is C27H26F2N2O5S. The molecule has 0 saturated carbocycles. The number of methoxy groups -OCH3 is 2. The summed E-state index contributed by atoms with van der Waals surface area (Å²) < 4.78 is 67.9. The number of anilines is 1. The molecule has 0 spiro atoms. The van der Waals surface area contributed by atoms with Gasteiger partial charge in [-0.25, -0.2) is 17.2 Å². The highest BCUT2D eigenvalue weighted by molar-refractivity contribution is 7.92. The fourth-order valence-corrected chi connectivity index (χ4v) is 5.08. The Labute approximate surface area is 213 Å². The van der Waals surface area contributed by atoms with Crippen LogP contribution in [-0.4, -0.2) is 27.6 Å². The highest BCUT2D eigenvalue weighted by atomic mass is 32.2. The minimum atomic E-state index is -3.92. The Kier molecular flexibility index (Phi) is 7.22. The van der Waals surface area contributed by atoms with Gasteiger partial charge in [0.15, 0.2) is 0 Å². The van der Waals surface area contributed by atoms with E-state index in [1.807, 2.05) is 0 Å². The predicted molar refractivity (Wildman–Crippen MR) is 138 cm³/mol. The molecule has 0 unspecified atom stereocenters. The van der Waals surface area contributed by atoms with Crippen molar-refractivity contribution >= 4 is 26.6 Å². The number of hydrogen-bond acceptors (Lipinski definition) is 5. The molecule has 0 fully saturated rings. The maximum absolute atomic E-state index is 14.5. The molecule has 1 heterocycles. The Morgan fingerprint density at radius 2 is 1.62 bits per heavy atom. The van der Waals surface area contributed by atoms with E-state index in [1.165, 1.54) is 39.3 Å². The summed E-state index contributed by atoms with van der Waals surface area (Å²) in [6, 6.07) is 17.0. The Hall–Kier alpha value is -3.92. The van der Waals surface area contributed by atoms with E-state index in [1.54, 1.807) is 42.5 Å². The number of rotatable bonds is 9. The SMILES string of the molecule is CCC(F)(F)c1cc(=O)[nH]c2ccc(Cc3ccc(S(=O)(=O)Nc4cc(OC)ccc4OC)cc3)cc12. The number of ether oxygens (including phenoxy) is 2. The maximum atomic E-state index is 14.5. The second kappa shape index (κ2) is 10.2. The smallest absolute Gasteiger partial charge is 0.273 e. The van der Waals surface area contributed by atoms with Crippen molar-refractivity contribution < 1.29 is 26.7 Å². The van der Waals surface area contributed by atoms with Gasteiger partial charge in [-0.1, -0.05) is 25.1 Å². The van der Waals surface area contributed by atoms with Crippen LogP contribution in [0.15, 0.2) is 76.4 Å². The summed E-state index contributed by atoms with van der Waals surface area (Å²) in [6.45, 7) is 1.37. The molecule has 0 aliphatic heterocycles. The Morgan fingerprint density at radius 1 is 0.919 bits per heavy atom. The number of halogens is 2. The van der Waals surface area contributed by atoms with Crippen molar-refractivity contribution in [2.24, 2.45) is 0 Å². The van der Waals surface area contributed by atoms with Crippen molar-refractivity contribution in [1.82, 2.24) is 4.98 Å². The van der Waals surface area contributed by atoms with Crippen LogP contribution in [0, 0.1) is 0 Å². The lowest BCUT2D eigenvalue weighted by molar-refractivity contribution is -0.00686. The number of nitrogens with one attached hydrogen (secondary N) is 2. The predicted octanol–water partition coefficient (Wildman–Crippen LogP) is 5.44. The van der Waals surface area contributed by atoms with Gasteiger partial charge in [0.05, 0.1) is 24.8 Å². The Bertz CT molecular complexity index is 1600. The third-order valence-corrected chi connectivity index (χ3v) is 7.42. The molecule has 0 atom stereocenters. The summed E-state index contributed by atoms with van der Waals surface area (Å²) in [4.78, 5) is 14.5. The van der Waals surface area contributed by atoms with Crippen LogP contribution >= 0.6 is 0 Å². The van der Waals surface area contributed by atoms with Crippen molar-refractivity contribution in [2.45, 2.75) is 30.6 Å². The van der Waals surface area contributed by atoms with Crippen molar-refractivity contribution in [2.75, 3.05) is 18.9 Å². The first-order chi connectivity index (χ1) is 17.6. The van der Waals surface area contributed by atoms with Crippen LogP contribution in [-0.2, 0) is 22.4 Å². The molecule has 4 aromatic rings. The quantitative estimate of drug-likeness (QED) is 0.302. The number of benzene rings is 3. The van der Waals surface area contributed by atoms with Crippen LogP contribution in [0.1, 0.15) is 30.0 Å². The molecule has 0 saturated heterocycles.